The average Bonchev–Trinajstić information content (AvgIpc) is 2.96. The molecular weight excluding hydrogens is 354 g/mol. The molecule has 4 heteroatoms. The van der Waals surface area contributed by atoms with E-state index in [1.54, 1.807) is 0 Å². The van der Waals surface area contributed by atoms with Gasteiger partial charge in [0.05, 0.1) is 11.0 Å². The van der Waals surface area contributed by atoms with Gasteiger partial charge in [0.15, 0.2) is 0 Å². The Morgan fingerprint density at radius 3 is 2.41 bits per heavy atom. The fourth-order valence-electron chi connectivity index (χ4n) is 4.06. The summed E-state index contributed by atoms with van der Waals surface area (Å²) in [7, 11) is 2.22. The third kappa shape index (κ3) is 4.04. The van der Waals surface area contributed by atoms with Gasteiger partial charge >= 0.3 is 0 Å². The summed E-state index contributed by atoms with van der Waals surface area (Å²) in [4.78, 5) is 7.50. The molecule has 3 aromatic rings. The van der Waals surface area contributed by atoms with E-state index in [-0.39, 0.29) is 0 Å². The Labute approximate surface area is 167 Å². The third-order valence-electron chi connectivity index (χ3n) is 6.01. The highest BCUT2D eigenvalue weighted by molar-refractivity contribution is 6.30. The highest BCUT2D eigenvalue weighted by atomic mass is 35.5. The smallest absolute Gasteiger partial charge is 0.110 e. The number of fused-ring (bicyclic) bond motifs is 1. The molecule has 4 rings (SSSR count). The number of aromatic nitrogens is 2. The van der Waals surface area contributed by atoms with E-state index in [2.05, 4.69) is 54.6 Å². The highest BCUT2D eigenvalue weighted by Gasteiger charge is 2.21. The lowest BCUT2D eigenvalue weighted by Crippen LogP contribution is -2.31. The number of piperidine rings is 1. The van der Waals surface area contributed by atoms with E-state index in [0.717, 1.165) is 29.4 Å². The molecule has 2 heterocycles. The van der Waals surface area contributed by atoms with Crippen molar-refractivity contribution in [1.82, 2.24) is 14.5 Å². The lowest BCUT2D eigenvalue weighted by atomic mass is 9.93. The van der Waals surface area contributed by atoms with Gasteiger partial charge < -0.3 is 9.47 Å². The van der Waals surface area contributed by atoms with Crippen LogP contribution in [-0.2, 0) is 13.0 Å². The standard InChI is InChI=1S/C23H28ClN3/c1-16-12-21-22(13-17(16)2)27(15-19-4-6-20(24)7-5-19)23(25-21)14-18-8-10-26(3)11-9-18/h4-7,12-13,18H,8-11,14-15H2,1-3H3. The summed E-state index contributed by atoms with van der Waals surface area (Å²) in [6.45, 7) is 7.59. The molecule has 1 aromatic heterocycles. The van der Waals surface area contributed by atoms with Crippen molar-refractivity contribution in [2.75, 3.05) is 20.1 Å². The van der Waals surface area contributed by atoms with Crippen LogP contribution in [0.5, 0.6) is 0 Å². The summed E-state index contributed by atoms with van der Waals surface area (Å²) in [5, 5.41) is 0.784. The van der Waals surface area contributed by atoms with Gasteiger partial charge in [0.25, 0.3) is 0 Å². The van der Waals surface area contributed by atoms with Crippen molar-refractivity contribution in [3.05, 3.63) is 63.9 Å². The second-order valence-electron chi connectivity index (χ2n) is 8.12. The van der Waals surface area contributed by atoms with E-state index in [0.29, 0.717) is 0 Å². The minimum atomic E-state index is 0.726. The van der Waals surface area contributed by atoms with Crippen LogP contribution in [0.15, 0.2) is 36.4 Å². The number of nitrogens with zero attached hydrogens (tertiary/aromatic N) is 3. The van der Waals surface area contributed by atoms with Crippen LogP contribution in [-0.4, -0.2) is 34.6 Å². The maximum absolute atomic E-state index is 6.08. The zero-order chi connectivity index (χ0) is 19.0. The lowest BCUT2D eigenvalue weighted by molar-refractivity contribution is 0.216. The van der Waals surface area contributed by atoms with Crippen molar-refractivity contribution < 1.29 is 0 Å². The molecule has 1 aliphatic heterocycles. The molecule has 0 radical (unpaired) electrons. The van der Waals surface area contributed by atoms with Crippen LogP contribution in [0.4, 0.5) is 0 Å². The maximum atomic E-state index is 6.08. The Hall–Kier alpha value is -1.84. The average molecular weight is 382 g/mol. The van der Waals surface area contributed by atoms with E-state index >= 15 is 0 Å². The first-order valence-corrected chi connectivity index (χ1v) is 10.3. The number of halogens is 1. The summed E-state index contributed by atoms with van der Waals surface area (Å²) in [6, 6.07) is 12.7. The van der Waals surface area contributed by atoms with E-state index < -0.39 is 0 Å². The topological polar surface area (TPSA) is 21.1 Å². The van der Waals surface area contributed by atoms with Crippen molar-refractivity contribution in [2.45, 2.75) is 39.7 Å². The third-order valence-corrected chi connectivity index (χ3v) is 6.26. The SMILES string of the molecule is Cc1cc2nc(CC3CCN(C)CC3)n(Cc3ccc(Cl)cc3)c2cc1C. The van der Waals surface area contributed by atoms with Crippen LogP contribution in [0.1, 0.15) is 35.4 Å². The van der Waals surface area contributed by atoms with Crippen LogP contribution >= 0.6 is 11.6 Å². The van der Waals surface area contributed by atoms with Gasteiger partial charge in [0, 0.05) is 18.0 Å². The zero-order valence-electron chi connectivity index (χ0n) is 16.5. The molecule has 142 valence electrons. The second kappa shape index (κ2) is 7.65. The molecule has 1 fully saturated rings. The van der Waals surface area contributed by atoms with E-state index in [1.165, 1.54) is 54.0 Å². The number of benzene rings is 2. The summed E-state index contributed by atoms with van der Waals surface area (Å²) in [5.41, 5.74) is 6.27. The molecule has 3 nitrogen and oxygen atoms in total. The number of aryl methyl sites for hydroxylation is 2. The predicted molar refractivity (Wildman–Crippen MR) is 114 cm³/mol. The van der Waals surface area contributed by atoms with Gasteiger partial charge in [-0.1, -0.05) is 23.7 Å². The van der Waals surface area contributed by atoms with Crippen LogP contribution < -0.4 is 0 Å². The monoisotopic (exact) mass is 381 g/mol. The molecule has 0 atom stereocenters. The van der Waals surface area contributed by atoms with Gasteiger partial charge in [-0.05, 0) is 93.7 Å². The van der Waals surface area contributed by atoms with Crippen molar-refractivity contribution in [3.63, 3.8) is 0 Å². The predicted octanol–water partition coefficient (Wildman–Crippen LogP) is 5.24. The highest BCUT2D eigenvalue weighted by Crippen LogP contribution is 2.26. The minimum Gasteiger partial charge on any atom is -0.323 e. The van der Waals surface area contributed by atoms with E-state index in [9.17, 15) is 0 Å². The van der Waals surface area contributed by atoms with Gasteiger partial charge in [-0.25, -0.2) is 4.98 Å². The summed E-state index contributed by atoms with van der Waals surface area (Å²) in [5.74, 6) is 1.95. The second-order valence-corrected chi connectivity index (χ2v) is 8.55. The molecule has 0 saturated carbocycles. The normalized spacial score (nSPS) is 16.3. The number of hydrogen-bond acceptors (Lipinski definition) is 2. The van der Waals surface area contributed by atoms with Gasteiger partial charge in [-0.15, -0.1) is 0 Å². The molecule has 0 amide bonds. The Kier molecular flexibility index (Phi) is 5.25. The zero-order valence-corrected chi connectivity index (χ0v) is 17.3. The first-order valence-electron chi connectivity index (χ1n) is 9.89. The van der Waals surface area contributed by atoms with Crippen LogP contribution in [0, 0.1) is 19.8 Å². The van der Waals surface area contributed by atoms with E-state index in [4.69, 9.17) is 16.6 Å². The molecule has 1 aliphatic rings. The minimum absolute atomic E-state index is 0.726. The Morgan fingerprint density at radius 2 is 1.70 bits per heavy atom. The summed E-state index contributed by atoms with van der Waals surface area (Å²) < 4.78 is 2.42. The Bertz CT molecular complexity index is 934. The Morgan fingerprint density at radius 1 is 1.04 bits per heavy atom. The number of imidazole rings is 1. The first kappa shape index (κ1) is 18.5. The number of rotatable bonds is 4. The Balaban J connectivity index is 1.71. The number of likely N-dealkylation sites (tertiary alicyclic amines) is 1. The van der Waals surface area contributed by atoms with E-state index in [1.807, 2.05) is 12.1 Å². The fraction of sp³-hybridized carbons (Fsp3) is 0.435. The van der Waals surface area contributed by atoms with Crippen molar-refractivity contribution in [1.29, 1.82) is 0 Å². The van der Waals surface area contributed by atoms with Crippen LogP contribution in [0.3, 0.4) is 0 Å². The molecular formula is C23H28ClN3. The molecule has 1 saturated heterocycles. The van der Waals surface area contributed by atoms with Gasteiger partial charge in [0.2, 0.25) is 0 Å². The molecule has 0 aliphatic carbocycles. The molecule has 2 aromatic carbocycles. The van der Waals surface area contributed by atoms with Crippen molar-refractivity contribution >= 4 is 22.6 Å². The van der Waals surface area contributed by atoms with Crippen LogP contribution in [0.25, 0.3) is 11.0 Å². The molecule has 0 spiro atoms. The van der Waals surface area contributed by atoms with Crippen molar-refractivity contribution in [2.24, 2.45) is 5.92 Å². The molecule has 0 bridgehead atoms. The van der Waals surface area contributed by atoms with Gasteiger partial charge in [-0.3, -0.25) is 0 Å². The van der Waals surface area contributed by atoms with Gasteiger partial charge in [0.1, 0.15) is 5.82 Å². The maximum Gasteiger partial charge on any atom is 0.110 e. The fourth-order valence-corrected chi connectivity index (χ4v) is 4.18. The number of hydrogen-bond donors (Lipinski definition) is 0. The molecule has 0 unspecified atom stereocenters. The van der Waals surface area contributed by atoms with Gasteiger partial charge in [-0.2, -0.15) is 0 Å². The molecule has 0 N–H and O–H groups in total. The van der Waals surface area contributed by atoms with Crippen LogP contribution in [0.2, 0.25) is 5.02 Å². The first-order chi connectivity index (χ1) is 13.0. The summed E-state index contributed by atoms with van der Waals surface area (Å²) >= 11 is 6.08. The van der Waals surface area contributed by atoms with Crippen molar-refractivity contribution in [3.8, 4) is 0 Å². The lowest BCUT2D eigenvalue weighted by Gasteiger charge is -2.28. The largest absolute Gasteiger partial charge is 0.323 e. The quantitative estimate of drug-likeness (QED) is 0.616. The summed E-state index contributed by atoms with van der Waals surface area (Å²) in [6.07, 6.45) is 3.59. The molecule has 27 heavy (non-hydrogen) atoms.